The molecule has 1 aliphatic heterocycles. The summed E-state index contributed by atoms with van der Waals surface area (Å²) in [5.74, 6) is -3.14. The van der Waals surface area contributed by atoms with Gasteiger partial charge in [0, 0.05) is 13.1 Å². The molecule has 1 heterocycles. The standard InChI is InChI=1S/C11H18F3NO3/c12-11(13,14)9(8-10(16)17)2-1-3-15-4-6-18-7-5-15/h9H,1-8H2,(H,16,17). The van der Waals surface area contributed by atoms with Gasteiger partial charge in [-0.2, -0.15) is 13.2 Å². The van der Waals surface area contributed by atoms with Crippen molar-refractivity contribution in [3.8, 4) is 0 Å². The van der Waals surface area contributed by atoms with E-state index in [2.05, 4.69) is 0 Å². The van der Waals surface area contributed by atoms with E-state index < -0.39 is 24.5 Å². The number of nitrogens with zero attached hydrogens (tertiary/aromatic N) is 1. The zero-order valence-electron chi connectivity index (χ0n) is 10.1. The van der Waals surface area contributed by atoms with Crippen molar-refractivity contribution in [1.29, 1.82) is 0 Å². The molecule has 0 aromatic heterocycles. The van der Waals surface area contributed by atoms with Crippen LogP contribution in [0.1, 0.15) is 19.3 Å². The fraction of sp³-hybridized carbons (Fsp3) is 0.909. The van der Waals surface area contributed by atoms with Gasteiger partial charge in [-0.15, -0.1) is 0 Å². The molecule has 0 aromatic carbocycles. The second-order valence-corrected chi connectivity index (χ2v) is 4.43. The van der Waals surface area contributed by atoms with Gasteiger partial charge in [0.1, 0.15) is 0 Å². The van der Waals surface area contributed by atoms with Crippen molar-refractivity contribution in [3.63, 3.8) is 0 Å². The van der Waals surface area contributed by atoms with Gasteiger partial charge in [-0.25, -0.2) is 0 Å². The van der Waals surface area contributed by atoms with Crippen LogP contribution in [0.5, 0.6) is 0 Å². The van der Waals surface area contributed by atoms with Crippen LogP contribution < -0.4 is 0 Å². The van der Waals surface area contributed by atoms with E-state index in [0.29, 0.717) is 26.2 Å². The Hall–Kier alpha value is -0.820. The molecular formula is C11H18F3NO3. The molecule has 1 atom stereocenters. The number of carboxylic acid groups (broad SMARTS) is 1. The van der Waals surface area contributed by atoms with Gasteiger partial charge in [0.15, 0.2) is 0 Å². The second-order valence-electron chi connectivity index (χ2n) is 4.43. The first-order chi connectivity index (χ1) is 8.39. The average Bonchev–Trinajstić information content (AvgIpc) is 2.27. The van der Waals surface area contributed by atoms with Crippen LogP contribution >= 0.6 is 0 Å². The predicted octanol–water partition coefficient (Wildman–Crippen LogP) is 1.75. The zero-order chi connectivity index (χ0) is 13.6. The third kappa shape index (κ3) is 5.68. The molecule has 1 rings (SSSR count). The SMILES string of the molecule is O=C(O)CC(CCCN1CCOCC1)C(F)(F)F. The quantitative estimate of drug-likeness (QED) is 0.798. The summed E-state index contributed by atoms with van der Waals surface area (Å²) < 4.78 is 42.8. The van der Waals surface area contributed by atoms with E-state index in [4.69, 9.17) is 9.84 Å². The van der Waals surface area contributed by atoms with Crippen molar-refractivity contribution >= 4 is 5.97 Å². The first kappa shape index (κ1) is 15.2. The Morgan fingerprint density at radius 2 is 1.94 bits per heavy atom. The molecule has 7 heteroatoms. The summed E-state index contributed by atoms with van der Waals surface area (Å²) in [5, 5.41) is 8.47. The van der Waals surface area contributed by atoms with Crippen molar-refractivity contribution < 1.29 is 27.8 Å². The van der Waals surface area contributed by atoms with Crippen molar-refractivity contribution in [3.05, 3.63) is 0 Å². The van der Waals surface area contributed by atoms with E-state index in [9.17, 15) is 18.0 Å². The average molecular weight is 269 g/mol. The van der Waals surface area contributed by atoms with Crippen LogP contribution in [0.2, 0.25) is 0 Å². The molecule has 0 aliphatic carbocycles. The fourth-order valence-electron chi connectivity index (χ4n) is 1.98. The number of aliphatic carboxylic acids is 1. The number of carbonyl (C=O) groups is 1. The molecule has 1 unspecified atom stereocenters. The van der Waals surface area contributed by atoms with Crippen LogP contribution in [0, 0.1) is 5.92 Å². The summed E-state index contributed by atoms with van der Waals surface area (Å²) in [7, 11) is 0. The van der Waals surface area contributed by atoms with E-state index >= 15 is 0 Å². The number of hydrogen-bond donors (Lipinski definition) is 1. The summed E-state index contributed by atoms with van der Waals surface area (Å²) in [6.07, 6.45) is -5.04. The number of morpholine rings is 1. The number of alkyl halides is 3. The van der Waals surface area contributed by atoms with Crippen molar-refractivity contribution in [2.24, 2.45) is 5.92 Å². The molecule has 1 aliphatic rings. The summed E-state index contributed by atoms with van der Waals surface area (Å²) in [6, 6.07) is 0. The molecule has 0 amide bonds. The number of ether oxygens (including phenoxy) is 1. The molecular weight excluding hydrogens is 251 g/mol. The van der Waals surface area contributed by atoms with Crippen LogP contribution in [0.25, 0.3) is 0 Å². The van der Waals surface area contributed by atoms with Crippen LogP contribution in [-0.2, 0) is 9.53 Å². The third-order valence-corrected chi connectivity index (χ3v) is 3.01. The van der Waals surface area contributed by atoms with Crippen LogP contribution in [-0.4, -0.2) is 55.0 Å². The number of carboxylic acids is 1. The topological polar surface area (TPSA) is 49.8 Å². The van der Waals surface area contributed by atoms with E-state index in [-0.39, 0.29) is 6.42 Å². The van der Waals surface area contributed by atoms with Crippen molar-refractivity contribution in [2.45, 2.75) is 25.4 Å². The van der Waals surface area contributed by atoms with E-state index in [0.717, 1.165) is 13.1 Å². The highest BCUT2D eigenvalue weighted by molar-refractivity contribution is 5.67. The molecule has 4 nitrogen and oxygen atoms in total. The Morgan fingerprint density at radius 1 is 1.33 bits per heavy atom. The molecule has 106 valence electrons. The number of hydrogen-bond acceptors (Lipinski definition) is 3. The summed E-state index contributed by atoms with van der Waals surface area (Å²) >= 11 is 0. The molecule has 1 N–H and O–H groups in total. The highest BCUT2D eigenvalue weighted by Crippen LogP contribution is 2.32. The minimum absolute atomic E-state index is 0.132. The minimum atomic E-state index is -4.43. The van der Waals surface area contributed by atoms with Crippen molar-refractivity contribution in [1.82, 2.24) is 4.90 Å². The normalized spacial score (nSPS) is 19.7. The highest BCUT2D eigenvalue weighted by atomic mass is 19.4. The fourth-order valence-corrected chi connectivity index (χ4v) is 1.98. The smallest absolute Gasteiger partial charge is 0.392 e. The highest BCUT2D eigenvalue weighted by Gasteiger charge is 2.40. The zero-order valence-corrected chi connectivity index (χ0v) is 10.1. The van der Waals surface area contributed by atoms with Gasteiger partial charge in [0.05, 0.1) is 25.6 Å². The maximum absolute atomic E-state index is 12.5. The molecule has 0 aromatic rings. The largest absolute Gasteiger partial charge is 0.481 e. The third-order valence-electron chi connectivity index (χ3n) is 3.01. The maximum Gasteiger partial charge on any atom is 0.392 e. The number of halogens is 3. The first-order valence-electron chi connectivity index (χ1n) is 5.98. The minimum Gasteiger partial charge on any atom is -0.481 e. The molecule has 1 saturated heterocycles. The lowest BCUT2D eigenvalue weighted by Crippen LogP contribution is -2.37. The van der Waals surface area contributed by atoms with E-state index in [1.807, 2.05) is 4.90 Å². The van der Waals surface area contributed by atoms with Crippen LogP contribution in [0.15, 0.2) is 0 Å². The Bertz CT molecular complexity index is 265. The summed E-state index contributed by atoms with van der Waals surface area (Å²) in [5.41, 5.74) is 0. The van der Waals surface area contributed by atoms with Gasteiger partial charge in [-0.3, -0.25) is 9.69 Å². The van der Waals surface area contributed by atoms with Gasteiger partial charge in [-0.1, -0.05) is 0 Å². The lowest BCUT2D eigenvalue weighted by atomic mass is 9.98. The summed E-state index contributed by atoms with van der Waals surface area (Å²) in [6.45, 7) is 3.25. The van der Waals surface area contributed by atoms with E-state index in [1.54, 1.807) is 0 Å². The first-order valence-corrected chi connectivity index (χ1v) is 5.98. The Morgan fingerprint density at radius 3 is 2.44 bits per heavy atom. The van der Waals surface area contributed by atoms with Crippen molar-refractivity contribution in [2.75, 3.05) is 32.8 Å². The molecule has 0 spiro atoms. The monoisotopic (exact) mass is 269 g/mol. The Kier molecular flexibility index (Phi) is 5.87. The molecule has 0 radical (unpaired) electrons. The molecule has 1 fully saturated rings. The molecule has 0 bridgehead atoms. The molecule has 18 heavy (non-hydrogen) atoms. The lowest BCUT2D eigenvalue weighted by molar-refractivity contribution is -0.184. The number of rotatable bonds is 6. The van der Waals surface area contributed by atoms with Gasteiger partial charge in [-0.05, 0) is 19.4 Å². The maximum atomic E-state index is 12.5. The predicted molar refractivity (Wildman–Crippen MR) is 58.3 cm³/mol. The molecule has 0 saturated carbocycles. The second kappa shape index (κ2) is 6.94. The summed E-state index contributed by atoms with van der Waals surface area (Å²) in [4.78, 5) is 12.4. The Balaban J connectivity index is 2.30. The van der Waals surface area contributed by atoms with Crippen LogP contribution in [0.3, 0.4) is 0 Å². The Labute approximate surface area is 104 Å². The van der Waals surface area contributed by atoms with Gasteiger partial charge in [0.2, 0.25) is 0 Å². The van der Waals surface area contributed by atoms with Gasteiger partial charge < -0.3 is 9.84 Å². The van der Waals surface area contributed by atoms with Crippen LogP contribution in [0.4, 0.5) is 13.2 Å². The van der Waals surface area contributed by atoms with Gasteiger partial charge >= 0.3 is 12.1 Å². The lowest BCUT2D eigenvalue weighted by Gasteiger charge is -2.27. The van der Waals surface area contributed by atoms with Gasteiger partial charge in [0.25, 0.3) is 0 Å². The van der Waals surface area contributed by atoms with E-state index in [1.165, 1.54) is 0 Å².